The lowest BCUT2D eigenvalue weighted by molar-refractivity contribution is -0.194. The van der Waals surface area contributed by atoms with Crippen LogP contribution in [0.4, 0.5) is 0 Å². The van der Waals surface area contributed by atoms with Crippen LogP contribution in [0.1, 0.15) is 24.8 Å². The van der Waals surface area contributed by atoms with Gasteiger partial charge in [0.1, 0.15) is 0 Å². The molecule has 5 nitrogen and oxygen atoms in total. The standard InChI is InChI=1S/C18H26Cl2N2O3/c1-22(2)13-10-14(25-18(11-13)24-3)6-7-21-17(23)9-12-4-5-15(19)16(20)8-12/h4-5,8,13-14,18H,6-7,9-11H2,1-3H3,(H,21,23)/t13-,14-,18?/m1/s1. The van der Waals surface area contributed by atoms with E-state index in [0.717, 1.165) is 24.8 Å². The van der Waals surface area contributed by atoms with Gasteiger partial charge in [-0.1, -0.05) is 29.3 Å². The normalized spacial score (nSPS) is 23.7. The maximum Gasteiger partial charge on any atom is 0.224 e. The number of nitrogens with zero attached hydrogens (tertiary/aromatic N) is 1. The maximum absolute atomic E-state index is 12.1. The molecule has 1 aliphatic heterocycles. The average Bonchev–Trinajstić information content (AvgIpc) is 2.57. The highest BCUT2D eigenvalue weighted by Gasteiger charge is 2.30. The van der Waals surface area contributed by atoms with E-state index < -0.39 is 0 Å². The molecule has 2 rings (SSSR count). The lowest BCUT2D eigenvalue weighted by atomic mass is 9.99. The Bertz CT molecular complexity index is 583. The summed E-state index contributed by atoms with van der Waals surface area (Å²) in [7, 11) is 5.80. The van der Waals surface area contributed by atoms with Crippen LogP contribution in [0, 0.1) is 0 Å². The first-order valence-electron chi connectivity index (χ1n) is 8.44. The number of carbonyl (C=O) groups excluding carboxylic acids is 1. The van der Waals surface area contributed by atoms with Crippen LogP contribution in [-0.2, 0) is 20.7 Å². The quantitative estimate of drug-likeness (QED) is 0.779. The first-order valence-corrected chi connectivity index (χ1v) is 9.20. The molecule has 25 heavy (non-hydrogen) atoms. The van der Waals surface area contributed by atoms with Crippen LogP contribution in [0.15, 0.2) is 18.2 Å². The number of methoxy groups -OCH3 is 1. The van der Waals surface area contributed by atoms with E-state index in [4.69, 9.17) is 32.7 Å². The second kappa shape index (κ2) is 9.74. The highest BCUT2D eigenvalue weighted by molar-refractivity contribution is 6.42. The Kier molecular flexibility index (Phi) is 7.97. The molecule has 1 amide bonds. The smallest absolute Gasteiger partial charge is 0.224 e. The lowest BCUT2D eigenvalue weighted by Gasteiger charge is -2.37. The minimum absolute atomic E-state index is 0.0401. The van der Waals surface area contributed by atoms with Gasteiger partial charge in [0, 0.05) is 26.1 Å². The van der Waals surface area contributed by atoms with E-state index in [1.165, 1.54) is 0 Å². The second-order valence-electron chi connectivity index (χ2n) is 6.58. The number of hydrogen-bond acceptors (Lipinski definition) is 4. The molecule has 140 valence electrons. The predicted octanol–water partition coefficient (Wildman–Crippen LogP) is 3.12. The molecule has 1 heterocycles. The minimum Gasteiger partial charge on any atom is -0.356 e. The maximum atomic E-state index is 12.1. The van der Waals surface area contributed by atoms with Gasteiger partial charge < -0.3 is 19.7 Å². The molecule has 0 spiro atoms. The van der Waals surface area contributed by atoms with E-state index in [0.29, 0.717) is 22.6 Å². The molecular weight excluding hydrogens is 363 g/mol. The third-order valence-corrected chi connectivity index (χ3v) is 5.21. The summed E-state index contributed by atoms with van der Waals surface area (Å²) in [6.45, 7) is 0.571. The van der Waals surface area contributed by atoms with E-state index in [2.05, 4.69) is 24.3 Å². The zero-order valence-electron chi connectivity index (χ0n) is 14.9. The predicted molar refractivity (Wildman–Crippen MR) is 100 cm³/mol. The first-order chi connectivity index (χ1) is 11.9. The molecule has 1 fully saturated rings. The molecule has 0 aromatic heterocycles. The number of halogens is 2. The molecule has 1 aliphatic rings. The summed E-state index contributed by atoms with van der Waals surface area (Å²) in [5.41, 5.74) is 0.841. The summed E-state index contributed by atoms with van der Waals surface area (Å²) in [4.78, 5) is 14.3. The van der Waals surface area contributed by atoms with Crippen LogP contribution in [-0.4, -0.2) is 57.0 Å². The Labute approximate surface area is 159 Å². The molecule has 1 unspecified atom stereocenters. The first kappa shape index (κ1) is 20.5. The van der Waals surface area contributed by atoms with Crippen molar-refractivity contribution in [2.45, 2.75) is 44.1 Å². The van der Waals surface area contributed by atoms with Crippen molar-refractivity contribution < 1.29 is 14.3 Å². The number of carbonyl (C=O) groups is 1. The van der Waals surface area contributed by atoms with E-state index in [1.807, 2.05) is 6.07 Å². The molecule has 0 bridgehead atoms. The number of amides is 1. The molecular formula is C18H26Cl2N2O3. The summed E-state index contributed by atoms with van der Waals surface area (Å²) < 4.78 is 11.3. The summed E-state index contributed by atoms with van der Waals surface area (Å²) in [6.07, 6.45) is 2.74. The Morgan fingerprint density at radius 2 is 2.08 bits per heavy atom. The van der Waals surface area contributed by atoms with Crippen molar-refractivity contribution >= 4 is 29.1 Å². The molecule has 0 aliphatic carbocycles. The molecule has 1 aromatic rings. The van der Waals surface area contributed by atoms with E-state index in [-0.39, 0.29) is 24.7 Å². The SMILES string of the molecule is COC1C[C@H](N(C)C)C[C@@H](CCNC(=O)Cc2ccc(Cl)c(Cl)c2)O1. The molecule has 1 N–H and O–H groups in total. The molecule has 7 heteroatoms. The Hall–Kier alpha value is -0.850. The Morgan fingerprint density at radius 1 is 1.32 bits per heavy atom. The second-order valence-corrected chi connectivity index (χ2v) is 7.39. The monoisotopic (exact) mass is 388 g/mol. The summed E-state index contributed by atoms with van der Waals surface area (Å²) in [6, 6.07) is 5.66. The van der Waals surface area contributed by atoms with Crippen molar-refractivity contribution in [2.24, 2.45) is 0 Å². The zero-order chi connectivity index (χ0) is 18.4. The van der Waals surface area contributed by atoms with Gasteiger partial charge in [-0.05, 0) is 44.6 Å². The van der Waals surface area contributed by atoms with Crippen LogP contribution in [0.3, 0.4) is 0 Å². The fraction of sp³-hybridized carbons (Fsp3) is 0.611. The van der Waals surface area contributed by atoms with E-state index in [1.54, 1.807) is 19.2 Å². The molecule has 3 atom stereocenters. The van der Waals surface area contributed by atoms with Gasteiger partial charge in [-0.25, -0.2) is 0 Å². The van der Waals surface area contributed by atoms with E-state index >= 15 is 0 Å². The van der Waals surface area contributed by atoms with Crippen molar-refractivity contribution in [3.63, 3.8) is 0 Å². The van der Waals surface area contributed by atoms with Crippen molar-refractivity contribution in [3.8, 4) is 0 Å². The molecule has 1 saturated heterocycles. The van der Waals surface area contributed by atoms with Gasteiger partial charge in [0.2, 0.25) is 5.91 Å². The largest absolute Gasteiger partial charge is 0.356 e. The molecule has 0 radical (unpaired) electrons. The van der Waals surface area contributed by atoms with Crippen molar-refractivity contribution in [2.75, 3.05) is 27.7 Å². The van der Waals surface area contributed by atoms with Crippen LogP contribution in [0.5, 0.6) is 0 Å². The number of rotatable bonds is 7. The summed E-state index contributed by atoms with van der Waals surface area (Å²) in [5, 5.41) is 3.89. The van der Waals surface area contributed by atoms with Crippen molar-refractivity contribution in [1.82, 2.24) is 10.2 Å². The molecule has 1 aromatic carbocycles. The number of ether oxygens (including phenoxy) is 2. The van der Waals surface area contributed by atoms with Gasteiger partial charge in [0.05, 0.1) is 22.6 Å². The Morgan fingerprint density at radius 3 is 2.72 bits per heavy atom. The number of nitrogens with one attached hydrogen (secondary N) is 1. The fourth-order valence-corrected chi connectivity index (χ4v) is 3.30. The highest BCUT2D eigenvalue weighted by Crippen LogP contribution is 2.25. The van der Waals surface area contributed by atoms with Gasteiger partial charge in [-0.3, -0.25) is 4.79 Å². The lowest BCUT2D eigenvalue weighted by Crippen LogP contribution is -2.44. The van der Waals surface area contributed by atoms with Gasteiger partial charge >= 0.3 is 0 Å². The Balaban J connectivity index is 1.77. The van der Waals surface area contributed by atoms with Crippen molar-refractivity contribution in [1.29, 1.82) is 0 Å². The number of benzene rings is 1. The van der Waals surface area contributed by atoms with Gasteiger partial charge in [0.15, 0.2) is 6.29 Å². The van der Waals surface area contributed by atoms with Crippen LogP contribution in [0.25, 0.3) is 0 Å². The van der Waals surface area contributed by atoms with Crippen LogP contribution >= 0.6 is 23.2 Å². The van der Waals surface area contributed by atoms with Gasteiger partial charge in [-0.15, -0.1) is 0 Å². The van der Waals surface area contributed by atoms with Gasteiger partial charge in [-0.2, -0.15) is 0 Å². The van der Waals surface area contributed by atoms with Gasteiger partial charge in [0.25, 0.3) is 0 Å². The topological polar surface area (TPSA) is 50.8 Å². The fourth-order valence-electron chi connectivity index (χ4n) is 2.98. The van der Waals surface area contributed by atoms with Crippen LogP contribution in [0.2, 0.25) is 10.0 Å². The van der Waals surface area contributed by atoms with E-state index in [9.17, 15) is 4.79 Å². The minimum atomic E-state index is -0.182. The third-order valence-electron chi connectivity index (χ3n) is 4.47. The summed E-state index contributed by atoms with van der Waals surface area (Å²) >= 11 is 11.9. The summed E-state index contributed by atoms with van der Waals surface area (Å²) in [5.74, 6) is -0.0401. The number of hydrogen-bond donors (Lipinski definition) is 1. The third kappa shape index (κ3) is 6.42. The highest BCUT2D eigenvalue weighted by atomic mass is 35.5. The van der Waals surface area contributed by atoms with Crippen LogP contribution < -0.4 is 5.32 Å². The molecule has 0 saturated carbocycles. The van der Waals surface area contributed by atoms with Crippen molar-refractivity contribution in [3.05, 3.63) is 33.8 Å². The zero-order valence-corrected chi connectivity index (χ0v) is 16.4. The average molecular weight is 389 g/mol.